The van der Waals surface area contributed by atoms with Gasteiger partial charge in [0.25, 0.3) is 25.7 Å². The lowest BCUT2D eigenvalue weighted by Gasteiger charge is -2.14. The third-order valence-corrected chi connectivity index (χ3v) is 8.48. The van der Waals surface area contributed by atoms with Crippen molar-refractivity contribution in [1.82, 2.24) is 19.9 Å². The van der Waals surface area contributed by atoms with Crippen LogP contribution in [0.5, 0.6) is 0 Å². The van der Waals surface area contributed by atoms with E-state index >= 15 is 0 Å². The van der Waals surface area contributed by atoms with Crippen LogP contribution < -0.4 is 14.8 Å². The predicted molar refractivity (Wildman–Crippen MR) is 155 cm³/mol. The van der Waals surface area contributed by atoms with Gasteiger partial charge in [0.15, 0.2) is 11.6 Å². The molecule has 0 radical (unpaired) electrons. The van der Waals surface area contributed by atoms with E-state index in [4.69, 9.17) is 0 Å². The zero-order valence-electron chi connectivity index (χ0n) is 22.0. The quantitative estimate of drug-likeness (QED) is 0.160. The summed E-state index contributed by atoms with van der Waals surface area (Å²) < 4.78 is 56.9. The minimum atomic E-state index is -4.31. The molecule has 0 atom stereocenters. The van der Waals surface area contributed by atoms with Gasteiger partial charge in [0.2, 0.25) is 0 Å². The van der Waals surface area contributed by atoms with E-state index in [1.807, 2.05) is 0 Å². The first-order valence-electron chi connectivity index (χ1n) is 12.2. The molecule has 0 saturated carbocycles. The second kappa shape index (κ2) is 11.0. The Kier molecular flexibility index (Phi) is 7.40. The molecule has 3 N–H and O–H groups in total. The number of anilines is 4. The van der Waals surface area contributed by atoms with Gasteiger partial charge in [-0.05, 0) is 56.3 Å². The lowest BCUT2D eigenvalue weighted by atomic mass is 10.3. The summed E-state index contributed by atoms with van der Waals surface area (Å²) in [5.74, 6) is 0.395. The number of fused-ring (bicyclic) bond motifs is 1. The Labute approximate surface area is 240 Å². The van der Waals surface area contributed by atoms with Gasteiger partial charge in [-0.1, -0.05) is 18.2 Å². The van der Waals surface area contributed by atoms with Crippen molar-refractivity contribution in [2.75, 3.05) is 14.8 Å². The van der Waals surface area contributed by atoms with E-state index in [9.17, 15) is 26.9 Å². The number of rotatable bonds is 9. The molecular weight excluding hydrogens is 584 g/mol. The lowest BCUT2D eigenvalue weighted by molar-refractivity contribution is -0.385. The van der Waals surface area contributed by atoms with Crippen LogP contribution in [0.3, 0.4) is 0 Å². The van der Waals surface area contributed by atoms with Crippen LogP contribution >= 0.6 is 0 Å². The van der Waals surface area contributed by atoms with Crippen LogP contribution in [0.1, 0.15) is 11.5 Å². The van der Waals surface area contributed by atoms with Crippen molar-refractivity contribution in [3.05, 3.63) is 100 Å². The minimum absolute atomic E-state index is 0.0170. The zero-order valence-corrected chi connectivity index (χ0v) is 23.6. The first-order chi connectivity index (χ1) is 19.9. The summed E-state index contributed by atoms with van der Waals surface area (Å²) in [5, 5.41) is 14.1. The maximum atomic E-state index is 13.2. The van der Waals surface area contributed by atoms with Crippen molar-refractivity contribution in [1.29, 1.82) is 0 Å². The van der Waals surface area contributed by atoms with Gasteiger partial charge in [-0.2, -0.15) is 0 Å². The van der Waals surface area contributed by atoms with Crippen LogP contribution in [0.15, 0.2) is 88.7 Å². The van der Waals surface area contributed by atoms with Gasteiger partial charge in [-0.3, -0.25) is 19.6 Å². The number of benzene rings is 3. The number of nitro benzene ring substituents is 1. The van der Waals surface area contributed by atoms with Gasteiger partial charge in [0.1, 0.15) is 11.6 Å². The molecule has 0 aliphatic rings. The van der Waals surface area contributed by atoms with Gasteiger partial charge in [0.05, 0.1) is 25.7 Å². The van der Waals surface area contributed by atoms with Crippen molar-refractivity contribution >= 4 is 59.9 Å². The first kappa shape index (κ1) is 28.3. The molecular formula is C26H22N8O6S2. The number of hydrogen-bond acceptors (Lipinski definition) is 11. The van der Waals surface area contributed by atoms with Crippen LogP contribution in [0.4, 0.5) is 28.8 Å². The van der Waals surface area contributed by atoms with Crippen molar-refractivity contribution in [2.45, 2.75) is 23.6 Å². The molecule has 3 aromatic carbocycles. The average Bonchev–Trinajstić information content (AvgIpc) is 2.93. The summed E-state index contributed by atoms with van der Waals surface area (Å²) >= 11 is 0. The largest absolute Gasteiger partial charge is 0.337 e. The summed E-state index contributed by atoms with van der Waals surface area (Å²) in [5.41, 5.74) is 1.44. The van der Waals surface area contributed by atoms with E-state index in [0.29, 0.717) is 28.2 Å². The summed E-state index contributed by atoms with van der Waals surface area (Å²) in [4.78, 5) is 27.2. The molecule has 16 heteroatoms. The number of nitrogens with one attached hydrogen (secondary N) is 3. The fraction of sp³-hybridized carbons (Fsp3) is 0.0769. The summed E-state index contributed by atoms with van der Waals surface area (Å²) in [6.07, 6.45) is 0. The molecule has 0 spiro atoms. The molecule has 0 unspecified atom stereocenters. The highest BCUT2D eigenvalue weighted by atomic mass is 32.2. The van der Waals surface area contributed by atoms with E-state index in [1.165, 1.54) is 48.5 Å². The van der Waals surface area contributed by atoms with E-state index in [1.54, 1.807) is 38.1 Å². The Morgan fingerprint density at radius 3 is 1.98 bits per heavy atom. The van der Waals surface area contributed by atoms with Crippen LogP contribution in [0, 0.1) is 24.0 Å². The Balaban J connectivity index is 1.45. The topological polar surface area (TPSA) is 199 Å². The smallest absolute Gasteiger partial charge is 0.270 e. The van der Waals surface area contributed by atoms with Gasteiger partial charge in [-0.15, -0.1) is 0 Å². The maximum absolute atomic E-state index is 13.2. The van der Waals surface area contributed by atoms with Gasteiger partial charge < -0.3 is 5.32 Å². The SMILES string of the molecule is Cc1cc(NS(=O)(=O)c2ccc(Nc3nc4ccccc4nc3NS(=O)(=O)c3cccc([N+](=O)[O-])c3)cc2)nc(C)n1. The molecule has 0 bridgehead atoms. The van der Waals surface area contributed by atoms with Crippen molar-refractivity contribution in [2.24, 2.45) is 0 Å². The minimum Gasteiger partial charge on any atom is -0.337 e. The summed E-state index contributed by atoms with van der Waals surface area (Å²) in [7, 11) is -8.28. The lowest BCUT2D eigenvalue weighted by Crippen LogP contribution is -2.16. The summed E-state index contributed by atoms with van der Waals surface area (Å²) in [6, 6.07) is 18.5. The van der Waals surface area contributed by atoms with Crippen molar-refractivity contribution in [3.8, 4) is 0 Å². The number of para-hydroxylation sites is 2. The second-order valence-electron chi connectivity index (χ2n) is 8.97. The van der Waals surface area contributed by atoms with E-state index in [0.717, 1.165) is 6.07 Å². The van der Waals surface area contributed by atoms with Crippen LogP contribution in [-0.2, 0) is 20.0 Å². The number of sulfonamides is 2. The molecule has 0 aliphatic heterocycles. The first-order valence-corrected chi connectivity index (χ1v) is 15.1. The second-order valence-corrected chi connectivity index (χ2v) is 12.3. The molecule has 214 valence electrons. The Morgan fingerprint density at radius 1 is 0.690 bits per heavy atom. The Hall–Kier alpha value is -5.22. The third kappa shape index (κ3) is 6.24. The molecule has 0 fully saturated rings. The van der Waals surface area contributed by atoms with E-state index in [-0.39, 0.29) is 27.2 Å². The number of non-ortho nitro benzene ring substituents is 1. The fourth-order valence-electron chi connectivity index (χ4n) is 3.93. The number of nitro groups is 1. The van der Waals surface area contributed by atoms with Gasteiger partial charge in [0, 0.05) is 29.6 Å². The molecule has 0 saturated heterocycles. The number of aromatic nitrogens is 4. The van der Waals surface area contributed by atoms with Crippen LogP contribution in [0.2, 0.25) is 0 Å². The monoisotopic (exact) mass is 606 g/mol. The molecule has 5 aromatic rings. The number of nitrogens with zero attached hydrogens (tertiary/aromatic N) is 5. The fourth-order valence-corrected chi connectivity index (χ4v) is 5.97. The van der Waals surface area contributed by atoms with E-state index < -0.39 is 30.7 Å². The van der Waals surface area contributed by atoms with Crippen LogP contribution in [0.25, 0.3) is 11.0 Å². The Bertz CT molecular complexity index is 2030. The molecule has 5 rings (SSSR count). The normalized spacial score (nSPS) is 11.7. The molecule has 2 aromatic heterocycles. The van der Waals surface area contributed by atoms with Gasteiger partial charge >= 0.3 is 0 Å². The van der Waals surface area contributed by atoms with Crippen molar-refractivity contribution in [3.63, 3.8) is 0 Å². The third-order valence-electron chi connectivity index (χ3n) is 5.77. The van der Waals surface area contributed by atoms with Crippen LogP contribution in [-0.4, -0.2) is 41.7 Å². The van der Waals surface area contributed by atoms with E-state index in [2.05, 4.69) is 34.7 Å². The molecule has 0 amide bonds. The maximum Gasteiger partial charge on any atom is 0.270 e. The zero-order chi connectivity index (χ0) is 30.1. The molecule has 14 nitrogen and oxygen atoms in total. The summed E-state index contributed by atoms with van der Waals surface area (Å²) in [6.45, 7) is 3.37. The number of aryl methyl sites for hydroxylation is 2. The highest BCUT2D eigenvalue weighted by Gasteiger charge is 2.22. The van der Waals surface area contributed by atoms with Gasteiger partial charge in [-0.25, -0.2) is 36.8 Å². The molecule has 42 heavy (non-hydrogen) atoms. The standard InChI is InChI=1S/C26H22N8O6S2/c1-16-14-24(28-17(2)27-16)32-41(37,38)20-12-10-18(11-13-20)29-25-26(31-23-9-4-3-8-22(23)30-25)33-42(39,40)21-7-5-6-19(15-21)34(35)36/h3-15H,1-2H3,(H,29,30)(H,31,33)(H,27,28,32). The Morgan fingerprint density at radius 2 is 1.33 bits per heavy atom. The average molecular weight is 607 g/mol. The highest BCUT2D eigenvalue weighted by molar-refractivity contribution is 7.93. The highest BCUT2D eigenvalue weighted by Crippen LogP contribution is 2.28. The molecule has 0 aliphatic carbocycles. The molecule has 2 heterocycles. The predicted octanol–water partition coefficient (Wildman–Crippen LogP) is 4.29. The van der Waals surface area contributed by atoms with Crippen molar-refractivity contribution < 1.29 is 21.8 Å². The number of hydrogen-bond donors (Lipinski definition) is 3.